The summed E-state index contributed by atoms with van der Waals surface area (Å²) in [6.45, 7) is 16.8. The van der Waals surface area contributed by atoms with Crippen molar-refractivity contribution in [2.75, 3.05) is 0 Å². The van der Waals surface area contributed by atoms with Crippen LogP contribution in [0.4, 0.5) is 11.4 Å². The lowest BCUT2D eigenvalue weighted by atomic mass is 9.84. The molecule has 0 fully saturated rings. The first-order valence-corrected chi connectivity index (χ1v) is 12.7. The van der Waals surface area contributed by atoms with Gasteiger partial charge < -0.3 is 10.2 Å². The number of benzene rings is 3. The van der Waals surface area contributed by atoms with Crippen LogP contribution in [0.3, 0.4) is 0 Å². The SMILES string of the molecule is CCc1cc(C=Nc2ccc(N=Cc3cc(CC)cc(C(C)(C)C)c3O)cc2)c(O)c(C(C)(C)C)c1. The summed E-state index contributed by atoms with van der Waals surface area (Å²) in [6.07, 6.45) is 5.24. The summed E-state index contributed by atoms with van der Waals surface area (Å²) in [7, 11) is 0. The summed E-state index contributed by atoms with van der Waals surface area (Å²) in [5, 5.41) is 21.7. The van der Waals surface area contributed by atoms with Gasteiger partial charge in [-0.1, -0.05) is 67.5 Å². The van der Waals surface area contributed by atoms with E-state index < -0.39 is 0 Å². The van der Waals surface area contributed by atoms with Gasteiger partial charge in [-0.2, -0.15) is 0 Å². The Hall–Kier alpha value is -3.40. The summed E-state index contributed by atoms with van der Waals surface area (Å²) in [5.41, 5.74) is 6.90. The topological polar surface area (TPSA) is 65.2 Å². The first-order valence-electron chi connectivity index (χ1n) is 12.7. The van der Waals surface area contributed by atoms with Gasteiger partial charge in [0.2, 0.25) is 0 Å². The summed E-state index contributed by atoms with van der Waals surface area (Å²) in [6, 6.07) is 15.8. The lowest BCUT2D eigenvalue weighted by Gasteiger charge is -2.22. The van der Waals surface area contributed by atoms with Crippen molar-refractivity contribution in [3.8, 4) is 11.5 Å². The molecule has 0 amide bonds. The van der Waals surface area contributed by atoms with Crippen LogP contribution < -0.4 is 0 Å². The minimum absolute atomic E-state index is 0.157. The Kier molecular flexibility index (Phi) is 8.08. The molecule has 0 saturated carbocycles. The first kappa shape index (κ1) is 27.2. The van der Waals surface area contributed by atoms with Crippen LogP contribution in [0, 0.1) is 0 Å². The summed E-state index contributed by atoms with van der Waals surface area (Å²) in [5.74, 6) is 0.571. The van der Waals surface area contributed by atoms with E-state index in [1.54, 1.807) is 12.4 Å². The Balaban J connectivity index is 1.85. The zero-order valence-corrected chi connectivity index (χ0v) is 23.0. The van der Waals surface area contributed by atoms with Gasteiger partial charge in [-0.05, 0) is 71.2 Å². The van der Waals surface area contributed by atoms with Crippen molar-refractivity contribution in [3.63, 3.8) is 0 Å². The van der Waals surface area contributed by atoms with Gasteiger partial charge in [0.25, 0.3) is 0 Å². The largest absolute Gasteiger partial charge is 0.507 e. The molecule has 0 unspecified atom stereocenters. The van der Waals surface area contributed by atoms with Gasteiger partial charge in [-0.25, -0.2) is 0 Å². The van der Waals surface area contributed by atoms with Gasteiger partial charge in [0, 0.05) is 34.7 Å². The molecule has 0 aliphatic heterocycles. The quantitative estimate of drug-likeness (QED) is 0.345. The molecule has 0 bridgehead atoms. The highest BCUT2D eigenvalue weighted by molar-refractivity contribution is 5.88. The fraction of sp³-hybridized carbons (Fsp3) is 0.375. The van der Waals surface area contributed by atoms with Gasteiger partial charge in [-0.3, -0.25) is 9.98 Å². The summed E-state index contributed by atoms with van der Waals surface area (Å²) < 4.78 is 0. The Morgan fingerprint density at radius 2 is 0.944 bits per heavy atom. The molecule has 4 nitrogen and oxygen atoms in total. The smallest absolute Gasteiger partial charge is 0.128 e. The molecule has 4 heteroatoms. The van der Waals surface area contributed by atoms with Gasteiger partial charge >= 0.3 is 0 Å². The van der Waals surface area contributed by atoms with Crippen LogP contribution in [0.1, 0.15) is 88.8 Å². The highest BCUT2D eigenvalue weighted by atomic mass is 16.3. The molecule has 0 atom stereocenters. The molecule has 0 spiro atoms. The van der Waals surface area contributed by atoms with Gasteiger partial charge in [0.15, 0.2) is 0 Å². The van der Waals surface area contributed by atoms with Crippen LogP contribution >= 0.6 is 0 Å². The van der Waals surface area contributed by atoms with E-state index in [0.717, 1.165) is 46.5 Å². The Morgan fingerprint density at radius 3 is 1.22 bits per heavy atom. The van der Waals surface area contributed by atoms with Crippen molar-refractivity contribution in [2.24, 2.45) is 9.98 Å². The molecule has 0 radical (unpaired) electrons. The van der Waals surface area contributed by atoms with Crippen molar-refractivity contribution in [3.05, 3.63) is 81.9 Å². The average Bonchev–Trinajstić information content (AvgIpc) is 2.82. The Bertz CT molecular complexity index is 1170. The zero-order chi connectivity index (χ0) is 26.7. The van der Waals surface area contributed by atoms with Crippen molar-refractivity contribution < 1.29 is 10.2 Å². The molecular weight excluding hydrogens is 444 g/mol. The van der Waals surface area contributed by atoms with Crippen LogP contribution in [0.25, 0.3) is 0 Å². The number of phenols is 2. The highest BCUT2D eigenvalue weighted by Gasteiger charge is 2.21. The second-order valence-electron chi connectivity index (χ2n) is 11.4. The maximum Gasteiger partial charge on any atom is 0.128 e. The minimum Gasteiger partial charge on any atom is -0.507 e. The van der Waals surface area contributed by atoms with E-state index in [1.165, 1.54) is 11.1 Å². The monoisotopic (exact) mass is 484 g/mol. The van der Waals surface area contributed by atoms with Crippen LogP contribution in [0.5, 0.6) is 11.5 Å². The van der Waals surface area contributed by atoms with Gasteiger partial charge in [0.1, 0.15) is 11.5 Å². The van der Waals surface area contributed by atoms with E-state index in [0.29, 0.717) is 0 Å². The molecule has 3 rings (SSSR count). The van der Waals surface area contributed by atoms with E-state index in [-0.39, 0.29) is 22.3 Å². The Morgan fingerprint density at radius 1 is 0.611 bits per heavy atom. The normalized spacial score (nSPS) is 12.7. The molecule has 0 aromatic heterocycles. The van der Waals surface area contributed by atoms with Crippen molar-refractivity contribution in [1.29, 1.82) is 0 Å². The summed E-state index contributed by atoms with van der Waals surface area (Å²) in [4.78, 5) is 9.19. The van der Waals surface area contributed by atoms with E-state index in [9.17, 15) is 10.2 Å². The lowest BCUT2D eigenvalue weighted by molar-refractivity contribution is 0.445. The number of aliphatic imine (C=N–C) groups is 2. The number of rotatable bonds is 6. The molecule has 190 valence electrons. The first-order chi connectivity index (χ1) is 16.8. The molecule has 0 aliphatic carbocycles. The lowest BCUT2D eigenvalue weighted by Crippen LogP contribution is -2.13. The third-order valence-corrected chi connectivity index (χ3v) is 6.39. The van der Waals surface area contributed by atoms with Crippen LogP contribution in [0.15, 0.2) is 58.5 Å². The van der Waals surface area contributed by atoms with E-state index in [4.69, 9.17) is 0 Å². The average molecular weight is 485 g/mol. The third-order valence-electron chi connectivity index (χ3n) is 6.39. The minimum atomic E-state index is -0.157. The molecule has 0 aliphatic rings. The molecule has 2 N–H and O–H groups in total. The highest BCUT2D eigenvalue weighted by Crippen LogP contribution is 2.35. The van der Waals surface area contributed by atoms with E-state index in [1.807, 2.05) is 36.4 Å². The number of aryl methyl sites for hydroxylation is 2. The third kappa shape index (κ3) is 6.42. The molecule has 36 heavy (non-hydrogen) atoms. The standard InChI is InChI=1S/C32H40N2O2/c1-9-21-15-23(29(35)27(17-21)31(3,4)5)19-33-25-11-13-26(14-12-25)34-20-24-16-22(10-2)18-28(30(24)36)32(6,7)8/h11-20,35-36H,9-10H2,1-8H3. The van der Waals surface area contributed by atoms with E-state index in [2.05, 4.69) is 77.5 Å². The second-order valence-corrected chi connectivity index (χ2v) is 11.4. The number of hydrogen-bond donors (Lipinski definition) is 2. The number of aromatic hydroxyl groups is 2. The van der Waals surface area contributed by atoms with E-state index >= 15 is 0 Å². The predicted octanol–water partition coefficient (Wildman–Crippen LogP) is 8.32. The number of nitrogens with zero attached hydrogens (tertiary/aromatic N) is 2. The molecule has 3 aromatic rings. The van der Waals surface area contributed by atoms with Crippen molar-refractivity contribution >= 4 is 23.8 Å². The maximum absolute atomic E-state index is 10.8. The Labute approximate surface area is 216 Å². The maximum atomic E-state index is 10.8. The number of hydrogen-bond acceptors (Lipinski definition) is 4. The molecule has 0 heterocycles. The predicted molar refractivity (Wildman–Crippen MR) is 153 cm³/mol. The molecular formula is C32H40N2O2. The van der Waals surface area contributed by atoms with Crippen LogP contribution in [-0.4, -0.2) is 22.6 Å². The number of phenolic OH excluding ortho intramolecular Hbond substituents is 2. The zero-order valence-electron chi connectivity index (χ0n) is 23.0. The summed E-state index contributed by atoms with van der Waals surface area (Å²) >= 11 is 0. The van der Waals surface area contributed by atoms with Crippen molar-refractivity contribution in [2.45, 2.75) is 79.1 Å². The van der Waals surface area contributed by atoms with Crippen molar-refractivity contribution in [1.82, 2.24) is 0 Å². The van der Waals surface area contributed by atoms with Gasteiger partial charge in [0.05, 0.1) is 11.4 Å². The fourth-order valence-corrected chi connectivity index (χ4v) is 4.10. The molecule has 0 saturated heterocycles. The second kappa shape index (κ2) is 10.7. The van der Waals surface area contributed by atoms with Crippen LogP contribution in [-0.2, 0) is 23.7 Å². The van der Waals surface area contributed by atoms with Crippen LogP contribution in [0.2, 0.25) is 0 Å². The molecule has 3 aromatic carbocycles. The fourth-order valence-electron chi connectivity index (χ4n) is 4.10. The van der Waals surface area contributed by atoms with Gasteiger partial charge in [-0.15, -0.1) is 0 Å².